The smallest absolute Gasteiger partial charge is 0.237 e. The zero-order valence-electron chi connectivity index (χ0n) is 11.0. The Morgan fingerprint density at radius 1 is 1.50 bits per heavy atom. The normalized spacial score (nSPS) is 26.6. The van der Waals surface area contributed by atoms with Crippen LogP contribution in [-0.2, 0) is 4.79 Å². The molecular formula is C12H24N2O2. The van der Waals surface area contributed by atoms with Gasteiger partial charge < -0.3 is 10.4 Å². The molecule has 1 aliphatic rings. The van der Waals surface area contributed by atoms with Crippen LogP contribution in [0.15, 0.2) is 0 Å². The summed E-state index contributed by atoms with van der Waals surface area (Å²) in [7, 11) is 0. The van der Waals surface area contributed by atoms with Crippen LogP contribution in [0.1, 0.15) is 41.0 Å². The van der Waals surface area contributed by atoms with Crippen LogP contribution in [-0.4, -0.2) is 46.2 Å². The Kier molecular flexibility index (Phi) is 3.65. The van der Waals surface area contributed by atoms with E-state index in [1.807, 2.05) is 0 Å². The lowest BCUT2D eigenvalue weighted by atomic mass is 9.87. The highest BCUT2D eigenvalue weighted by atomic mass is 16.3. The number of nitrogens with one attached hydrogen (secondary N) is 1. The summed E-state index contributed by atoms with van der Waals surface area (Å²) in [5, 5.41) is 12.0. The van der Waals surface area contributed by atoms with Crippen molar-refractivity contribution < 1.29 is 9.90 Å². The average molecular weight is 228 g/mol. The van der Waals surface area contributed by atoms with Crippen molar-refractivity contribution in [3.63, 3.8) is 0 Å². The third-order valence-corrected chi connectivity index (χ3v) is 3.09. The summed E-state index contributed by atoms with van der Waals surface area (Å²) in [6.07, 6.45) is 0.493. The van der Waals surface area contributed by atoms with Gasteiger partial charge in [0.25, 0.3) is 0 Å². The zero-order valence-corrected chi connectivity index (χ0v) is 11.0. The maximum absolute atomic E-state index is 11.9. The van der Waals surface area contributed by atoms with Gasteiger partial charge in [-0.25, -0.2) is 0 Å². The summed E-state index contributed by atoms with van der Waals surface area (Å²) in [6.45, 7) is 11.3. The number of carbonyl (C=O) groups excluding carboxylic acids is 1. The first kappa shape index (κ1) is 13.5. The van der Waals surface area contributed by atoms with E-state index >= 15 is 0 Å². The molecule has 4 nitrogen and oxygen atoms in total. The summed E-state index contributed by atoms with van der Waals surface area (Å²) in [5.74, 6) is 0.0308. The largest absolute Gasteiger partial charge is 0.396 e. The molecule has 0 saturated carbocycles. The second-order valence-corrected chi connectivity index (χ2v) is 6.10. The van der Waals surface area contributed by atoms with Crippen molar-refractivity contribution in [1.82, 2.24) is 10.2 Å². The quantitative estimate of drug-likeness (QED) is 0.733. The minimum Gasteiger partial charge on any atom is -0.396 e. The van der Waals surface area contributed by atoms with Crippen LogP contribution in [0.3, 0.4) is 0 Å². The monoisotopic (exact) mass is 228 g/mol. The highest BCUT2D eigenvalue weighted by Crippen LogP contribution is 2.31. The topological polar surface area (TPSA) is 52.6 Å². The van der Waals surface area contributed by atoms with Gasteiger partial charge in [-0.2, -0.15) is 0 Å². The van der Waals surface area contributed by atoms with Crippen LogP contribution < -0.4 is 5.32 Å². The fourth-order valence-corrected chi connectivity index (χ4v) is 2.80. The lowest BCUT2D eigenvalue weighted by molar-refractivity contribution is -0.141. The molecule has 0 spiro atoms. The van der Waals surface area contributed by atoms with E-state index in [1.54, 1.807) is 0 Å². The first-order chi connectivity index (χ1) is 7.20. The van der Waals surface area contributed by atoms with Gasteiger partial charge in [-0.05, 0) is 41.0 Å². The third kappa shape index (κ3) is 2.55. The van der Waals surface area contributed by atoms with Crippen molar-refractivity contribution in [3.05, 3.63) is 0 Å². The molecule has 0 aromatic carbocycles. The first-order valence-corrected chi connectivity index (χ1v) is 5.88. The fourth-order valence-electron chi connectivity index (χ4n) is 2.80. The number of hydrogen-bond donors (Lipinski definition) is 2. The van der Waals surface area contributed by atoms with Crippen LogP contribution >= 0.6 is 0 Å². The van der Waals surface area contributed by atoms with Crippen molar-refractivity contribution in [3.8, 4) is 0 Å². The molecule has 1 amide bonds. The van der Waals surface area contributed by atoms with Crippen LogP contribution in [0, 0.1) is 0 Å². The third-order valence-electron chi connectivity index (χ3n) is 3.09. The molecular weight excluding hydrogens is 204 g/mol. The van der Waals surface area contributed by atoms with Crippen LogP contribution in [0.2, 0.25) is 0 Å². The van der Waals surface area contributed by atoms with Gasteiger partial charge >= 0.3 is 0 Å². The molecule has 1 fully saturated rings. The van der Waals surface area contributed by atoms with Gasteiger partial charge in [-0.3, -0.25) is 9.69 Å². The molecule has 1 heterocycles. The van der Waals surface area contributed by atoms with E-state index in [-0.39, 0.29) is 29.6 Å². The lowest BCUT2D eigenvalue weighted by Crippen LogP contribution is -2.70. The van der Waals surface area contributed by atoms with Gasteiger partial charge in [-0.15, -0.1) is 0 Å². The minimum atomic E-state index is -0.228. The van der Waals surface area contributed by atoms with E-state index in [4.69, 9.17) is 5.11 Å². The lowest BCUT2D eigenvalue weighted by Gasteiger charge is -2.53. The van der Waals surface area contributed by atoms with Crippen LogP contribution in [0.5, 0.6) is 0 Å². The molecule has 0 aromatic rings. The van der Waals surface area contributed by atoms with Crippen molar-refractivity contribution in [2.24, 2.45) is 0 Å². The highest BCUT2D eigenvalue weighted by molar-refractivity contribution is 5.83. The van der Waals surface area contributed by atoms with Crippen molar-refractivity contribution in [2.45, 2.75) is 58.2 Å². The van der Waals surface area contributed by atoms with E-state index in [9.17, 15) is 4.79 Å². The Balaban J connectivity index is 3.03. The van der Waals surface area contributed by atoms with Gasteiger partial charge in [0.2, 0.25) is 5.91 Å². The van der Waals surface area contributed by atoms with E-state index < -0.39 is 0 Å². The summed E-state index contributed by atoms with van der Waals surface area (Å²) in [5.41, 5.74) is -0.160. The SMILES string of the molecule is CC(C)(C)N1C(CCO)C(=O)NCC1(C)C. The highest BCUT2D eigenvalue weighted by Gasteiger charge is 2.45. The molecule has 2 N–H and O–H groups in total. The van der Waals surface area contributed by atoms with Crippen molar-refractivity contribution >= 4 is 5.91 Å². The Labute approximate surface area is 98.0 Å². The van der Waals surface area contributed by atoms with Gasteiger partial charge in [0.05, 0.1) is 6.04 Å². The number of nitrogens with zero attached hydrogens (tertiary/aromatic N) is 1. The zero-order chi connectivity index (χ0) is 12.6. The summed E-state index contributed by atoms with van der Waals surface area (Å²) < 4.78 is 0. The predicted molar refractivity (Wildman–Crippen MR) is 64.2 cm³/mol. The van der Waals surface area contributed by atoms with E-state index in [0.29, 0.717) is 13.0 Å². The molecule has 0 aromatic heterocycles. The number of aliphatic hydroxyl groups is 1. The van der Waals surface area contributed by atoms with E-state index in [2.05, 4.69) is 44.8 Å². The Hall–Kier alpha value is -0.610. The van der Waals surface area contributed by atoms with Crippen LogP contribution in [0.25, 0.3) is 0 Å². The second kappa shape index (κ2) is 4.34. The summed E-state index contributed by atoms with van der Waals surface area (Å²) >= 11 is 0. The first-order valence-electron chi connectivity index (χ1n) is 5.88. The Morgan fingerprint density at radius 3 is 2.50 bits per heavy atom. The number of rotatable bonds is 2. The van der Waals surface area contributed by atoms with Gasteiger partial charge in [0.1, 0.15) is 0 Å². The number of carbonyl (C=O) groups is 1. The number of aliphatic hydroxyl groups excluding tert-OH is 1. The molecule has 1 atom stereocenters. The van der Waals surface area contributed by atoms with Crippen LogP contribution in [0.4, 0.5) is 0 Å². The van der Waals surface area contributed by atoms with E-state index in [0.717, 1.165) is 0 Å². The second-order valence-electron chi connectivity index (χ2n) is 6.10. The molecule has 1 rings (SSSR count). The summed E-state index contributed by atoms with van der Waals surface area (Å²) in [4.78, 5) is 14.1. The standard InChI is InChI=1S/C12H24N2O2/c1-11(2,3)14-9(6-7-15)10(16)13-8-12(14,4)5/h9,15H,6-8H2,1-5H3,(H,13,16). The fraction of sp³-hybridized carbons (Fsp3) is 0.917. The molecule has 94 valence electrons. The van der Waals surface area contributed by atoms with Gasteiger partial charge in [-0.1, -0.05) is 0 Å². The number of piperazine rings is 1. The maximum Gasteiger partial charge on any atom is 0.237 e. The van der Waals surface area contributed by atoms with Gasteiger partial charge in [0, 0.05) is 24.2 Å². The average Bonchev–Trinajstić information content (AvgIpc) is 2.09. The summed E-state index contributed by atoms with van der Waals surface area (Å²) in [6, 6.07) is -0.228. The molecule has 1 unspecified atom stereocenters. The molecule has 0 radical (unpaired) electrons. The van der Waals surface area contributed by atoms with Gasteiger partial charge in [0.15, 0.2) is 0 Å². The molecule has 4 heteroatoms. The molecule has 1 aliphatic heterocycles. The molecule has 16 heavy (non-hydrogen) atoms. The van der Waals surface area contributed by atoms with E-state index in [1.165, 1.54) is 0 Å². The Bertz CT molecular complexity index is 269. The Morgan fingerprint density at radius 2 is 2.06 bits per heavy atom. The minimum absolute atomic E-state index is 0.0308. The number of amides is 1. The molecule has 1 saturated heterocycles. The molecule has 0 aliphatic carbocycles. The van der Waals surface area contributed by atoms with Crippen molar-refractivity contribution in [2.75, 3.05) is 13.2 Å². The number of hydrogen-bond acceptors (Lipinski definition) is 3. The van der Waals surface area contributed by atoms with Crippen molar-refractivity contribution in [1.29, 1.82) is 0 Å². The maximum atomic E-state index is 11.9. The molecule has 0 bridgehead atoms. The predicted octanol–water partition coefficient (Wildman–Crippen LogP) is 0.746.